The van der Waals surface area contributed by atoms with Crippen molar-refractivity contribution < 1.29 is 14.7 Å². The van der Waals surface area contributed by atoms with Crippen LogP contribution in [0, 0.1) is 0 Å². The van der Waals surface area contributed by atoms with Crippen LogP contribution in [0.2, 0.25) is 0 Å². The minimum atomic E-state index is -0.979. The van der Waals surface area contributed by atoms with E-state index in [-0.39, 0.29) is 11.8 Å². The normalized spacial score (nSPS) is 22.7. The quantitative estimate of drug-likeness (QED) is 0.830. The third-order valence-electron chi connectivity index (χ3n) is 3.20. The average molecular weight is 248 g/mol. The number of carbonyl (C=O) groups excluding carboxylic acids is 1. The molecular weight excluding hydrogens is 232 g/mol. The Bertz CT molecular complexity index is 485. The first-order valence-electron chi connectivity index (χ1n) is 5.80. The highest BCUT2D eigenvalue weighted by Gasteiger charge is 2.37. The molecule has 0 radical (unpaired) electrons. The molecule has 2 rings (SSSR count). The van der Waals surface area contributed by atoms with E-state index in [1.165, 1.54) is 0 Å². The van der Waals surface area contributed by atoms with Crippen molar-refractivity contribution in [3.63, 3.8) is 0 Å². The molecule has 0 spiro atoms. The van der Waals surface area contributed by atoms with Crippen LogP contribution in [0.5, 0.6) is 0 Å². The Morgan fingerprint density at radius 3 is 2.61 bits per heavy atom. The maximum absolute atomic E-state index is 11.9. The fourth-order valence-electron chi connectivity index (χ4n) is 2.29. The lowest BCUT2D eigenvalue weighted by Gasteiger charge is -2.19. The molecule has 1 fully saturated rings. The van der Waals surface area contributed by atoms with E-state index >= 15 is 0 Å². The zero-order valence-corrected chi connectivity index (χ0v) is 10.4. The van der Waals surface area contributed by atoms with Gasteiger partial charge in [0, 0.05) is 19.8 Å². The van der Waals surface area contributed by atoms with Crippen LogP contribution < -0.4 is 10.2 Å². The predicted octanol–water partition coefficient (Wildman–Crippen LogP) is 0.809. The van der Waals surface area contributed by atoms with E-state index in [9.17, 15) is 9.59 Å². The molecule has 5 heteroatoms. The molecule has 2 atom stereocenters. The minimum Gasteiger partial charge on any atom is -0.480 e. The summed E-state index contributed by atoms with van der Waals surface area (Å²) in [5, 5.41) is 11.5. The Kier molecular flexibility index (Phi) is 3.23. The zero-order chi connectivity index (χ0) is 13.3. The minimum absolute atomic E-state index is 0.211. The second kappa shape index (κ2) is 4.68. The number of carbonyl (C=O) groups is 2. The predicted molar refractivity (Wildman–Crippen MR) is 67.7 cm³/mol. The molecule has 2 N–H and O–H groups in total. The molecule has 18 heavy (non-hydrogen) atoms. The van der Waals surface area contributed by atoms with Crippen molar-refractivity contribution in [2.45, 2.75) is 18.4 Å². The lowest BCUT2D eigenvalue weighted by Crippen LogP contribution is -2.32. The van der Waals surface area contributed by atoms with Crippen molar-refractivity contribution in [2.75, 3.05) is 19.0 Å². The largest absolute Gasteiger partial charge is 0.480 e. The molecule has 0 bridgehead atoms. The van der Waals surface area contributed by atoms with Crippen LogP contribution in [0.25, 0.3) is 0 Å². The van der Waals surface area contributed by atoms with Gasteiger partial charge in [-0.25, -0.2) is 4.79 Å². The summed E-state index contributed by atoms with van der Waals surface area (Å²) in [6.07, 6.45) is 0.305. The van der Waals surface area contributed by atoms with Gasteiger partial charge >= 0.3 is 5.97 Å². The Morgan fingerprint density at radius 2 is 2.06 bits per heavy atom. The number of nitrogens with zero attached hydrogens (tertiary/aromatic N) is 1. The lowest BCUT2D eigenvalue weighted by atomic mass is 9.94. The van der Waals surface area contributed by atoms with Gasteiger partial charge in [-0.05, 0) is 18.1 Å². The van der Waals surface area contributed by atoms with E-state index in [0.717, 1.165) is 11.3 Å². The first-order chi connectivity index (χ1) is 8.50. The van der Waals surface area contributed by atoms with Crippen molar-refractivity contribution >= 4 is 17.6 Å². The zero-order valence-electron chi connectivity index (χ0n) is 10.4. The number of nitrogens with one attached hydrogen (secondary N) is 1. The molecule has 0 aliphatic carbocycles. The van der Waals surface area contributed by atoms with Crippen molar-refractivity contribution in [2.24, 2.45) is 0 Å². The molecule has 1 heterocycles. The molecule has 1 aliphatic heterocycles. The Hall–Kier alpha value is -2.04. The van der Waals surface area contributed by atoms with Gasteiger partial charge in [-0.1, -0.05) is 18.2 Å². The van der Waals surface area contributed by atoms with Crippen LogP contribution in [-0.4, -0.2) is 37.1 Å². The number of amides is 1. The molecule has 1 saturated heterocycles. The van der Waals surface area contributed by atoms with Crippen LogP contribution in [0.15, 0.2) is 24.3 Å². The maximum atomic E-state index is 11.9. The highest BCUT2D eigenvalue weighted by Crippen LogP contribution is 2.33. The lowest BCUT2D eigenvalue weighted by molar-refractivity contribution is -0.140. The number of anilines is 1. The monoisotopic (exact) mass is 248 g/mol. The van der Waals surface area contributed by atoms with Crippen molar-refractivity contribution in [1.82, 2.24) is 5.32 Å². The highest BCUT2D eigenvalue weighted by atomic mass is 16.4. The van der Waals surface area contributed by atoms with E-state index in [4.69, 9.17) is 5.11 Å². The molecule has 1 amide bonds. The second-order valence-electron chi connectivity index (χ2n) is 4.64. The van der Waals surface area contributed by atoms with Crippen LogP contribution in [0.1, 0.15) is 17.9 Å². The number of rotatable bonds is 3. The molecule has 96 valence electrons. The molecule has 0 unspecified atom stereocenters. The number of aliphatic carboxylic acids is 1. The van der Waals surface area contributed by atoms with Crippen molar-refractivity contribution in [1.29, 1.82) is 0 Å². The van der Waals surface area contributed by atoms with Gasteiger partial charge in [0.1, 0.15) is 6.04 Å². The van der Waals surface area contributed by atoms with Gasteiger partial charge in [-0.3, -0.25) is 4.79 Å². The standard InChI is InChI=1S/C13H16N2O3/c1-15(2)11-6-4-3-5-8(11)9-7-10(13(17)18)14-12(9)16/h3-6,9-10H,7H2,1-2H3,(H,14,16)(H,17,18)/t9-,10-/m0/s1. The van der Waals surface area contributed by atoms with E-state index < -0.39 is 12.0 Å². The SMILES string of the molecule is CN(C)c1ccccc1[C@@H]1C[C@@H](C(=O)O)NC1=O. The number of carboxylic acids is 1. The molecular formula is C13H16N2O3. The number of hydrogen-bond acceptors (Lipinski definition) is 3. The van der Waals surface area contributed by atoms with Crippen molar-refractivity contribution in [3.8, 4) is 0 Å². The summed E-state index contributed by atoms with van der Waals surface area (Å²) in [6.45, 7) is 0. The highest BCUT2D eigenvalue weighted by molar-refractivity contribution is 5.93. The molecule has 1 aliphatic rings. The molecule has 0 saturated carbocycles. The second-order valence-corrected chi connectivity index (χ2v) is 4.64. The number of carboxylic acid groups (broad SMARTS) is 1. The van der Waals surface area contributed by atoms with Crippen molar-refractivity contribution in [3.05, 3.63) is 29.8 Å². The van der Waals surface area contributed by atoms with Gasteiger partial charge in [0.15, 0.2) is 0 Å². The third kappa shape index (κ3) is 2.16. The summed E-state index contributed by atoms with van der Waals surface area (Å²) in [5.74, 6) is -1.57. The van der Waals surface area contributed by atoms with Gasteiger partial charge in [-0.15, -0.1) is 0 Å². The van der Waals surface area contributed by atoms with Crippen LogP contribution >= 0.6 is 0 Å². The Labute approximate surface area is 105 Å². The molecule has 0 aromatic heterocycles. The fourth-order valence-corrected chi connectivity index (χ4v) is 2.29. The Morgan fingerprint density at radius 1 is 1.39 bits per heavy atom. The van der Waals surface area contributed by atoms with Gasteiger partial charge in [-0.2, -0.15) is 0 Å². The van der Waals surface area contributed by atoms with Gasteiger partial charge in [0.05, 0.1) is 5.92 Å². The topological polar surface area (TPSA) is 69.6 Å². The Balaban J connectivity index is 2.33. The van der Waals surface area contributed by atoms with Gasteiger partial charge in [0.25, 0.3) is 0 Å². The van der Waals surface area contributed by atoms with Crippen LogP contribution in [0.4, 0.5) is 5.69 Å². The van der Waals surface area contributed by atoms with Crippen LogP contribution in [0.3, 0.4) is 0 Å². The fraction of sp³-hybridized carbons (Fsp3) is 0.385. The first-order valence-corrected chi connectivity index (χ1v) is 5.80. The maximum Gasteiger partial charge on any atom is 0.326 e. The summed E-state index contributed by atoms with van der Waals surface area (Å²) in [4.78, 5) is 24.7. The number of hydrogen-bond donors (Lipinski definition) is 2. The number of benzene rings is 1. The van der Waals surface area contributed by atoms with E-state index in [1.807, 2.05) is 43.3 Å². The van der Waals surface area contributed by atoms with Gasteiger partial charge < -0.3 is 15.3 Å². The molecule has 1 aromatic rings. The third-order valence-corrected chi connectivity index (χ3v) is 3.20. The summed E-state index contributed by atoms with van der Waals surface area (Å²) in [5.41, 5.74) is 1.83. The molecule has 1 aromatic carbocycles. The first kappa shape index (κ1) is 12.4. The summed E-state index contributed by atoms with van der Waals surface area (Å²) >= 11 is 0. The smallest absolute Gasteiger partial charge is 0.326 e. The number of para-hydroxylation sites is 1. The summed E-state index contributed by atoms with van der Waals surface area (Å²) in [7, 11) is 3.81. The van der Waals surface area contributed by atoms with E-state index in [0.29, 0.717) is 6.42 Å². The molecule has 5 nitrogen and oxygen atoms in total. The average Bonchev–Trinajstić information content (AvgIpc) is 2.71. The van der Waals surface area contributed by atoms with Crippen LogP contribution in [-0.2, 0) is 9.59 Å². The summed E-state index contributed by atoms with van der Waals surface area (Å²) in [6, 6.07) is 6.79. The van der Waals surface area contributed by atoms with E-state index in [2.05, 4.69) is 5.32 Å². The van der Waals surface area contributed by atoms with E-state index in [1.54, 1.807) is 0 Å². The summed E-state index contributed by atoms with van der Waals surface area (Å²) < 4.78 is 0. The van der Waals surface area contributed by atoms with Gasteiger partial charge in [0.2, 0.25) is 5.91 Å².